The average molecular weight is 359 g/mol. The molecule has 27 heavy (non-hydrogen) atoms. The Balaban J connectivity index is 1.83. The first-order valence-corrected chi connectivity index (χ1v) is 8.49. The van der Waals surface area contributed by atoms with Crippen LogP contribution in [-0.4, -0.2) is 11.8 Å². The molecular weight excluding hydrogens is 345 g/mol. The molecule has 3 aromatic rings. The molecule has 5 rings (SSSR count). The van der Waals surface area contributed by atoms with E-state index >= 15 is 0 Å². The smallest absolute Gasteiger partial charge is 0.276 e. The van der Waals surface area contributed by atoms with Crippen LogP contribution < -0.4 is 15.5 Å². The molecule has 0 saturated heterocycles. The molecule has 1 spiro atoms. The van der Waals surface area contributed by atoms with Crippen LogP contribution in [0.1, 0.15) is 15.9 Å². The summed E-state index contributed by atoms with van der Waals surface area (Å²) < 4.78 is 14.1. The number of hydrogen-bond donors (Lipinski definition) is 2. The van der Waals surface area contributed by atoms with Crippen molar-refractivity contribution in [1.29, 1.82) is 0 Å². The maximum Gasteiger partial charge on any atom is 0.276 e. The van der Waals surface area contributed by atoms with Crippen LogP contribution >= 0.6 is 0 Å². The van der Waals surface area contributed by atoms with Crippen molar-refractivity contribution in [2.24, 2.45) is 0 Å². The quantitative estimate of drug-likeness (QED) is 0.696. The summed E-state index contributed by atoms with van der Waals surface area (Å²) in [4.78, 5) is 28.0. The van der Waals surface area contributed by atoms with Crippen molar-refractivity contribution in [2.75, 3.05) is 15.5 Å². The van der Waals surface area contributed by atoms with E-state index < -0.39 is 17.4 Å². The lowest BCUT2D eigenvalue weighted by molar-refractivity contribution is -0.119. The molecule has 132 valence electrons. The Hall–Kier alpha value is -3.67. The van der Waals surface area contributed by atoms with Gasteiger partial charge in [0.1, 0.15) is 5.82 Å². The van der Waals surface area contributed by atoms with E-state index in [-0.39, 0.29) is 5.91 Å². The maximum atomic E-state index is 14.1. The first kappa shape index (κ1) is 15.6. The van der Waals surface area contributed by atoms with Gasteiger partial charge in [-0.05, 0) is 42.5 Å². The second-order valence-corrected chi connectivity index (χ2v) is 6.50. The second-order valence-electron chi connectivity index (χ2n) is 6.50. The number of carbonyl (C=O) groups is 2. The van der Waals surface area contributed by atoms with Crippen LogP contribution in [0.4, 0.5) is 21.5 Å². The predicted octanol–water partition coefficient (Wildman–Crippen LogP) is 3.70. The first-order valence-electron chi connectivity index (χ1n) is 8.49. The highest BCUT2D eigenvalue weighted by Gasteiger charge is 2.57. The summed E-state index contributed by atoms with van der Waals surface area (Å²) in [6.07, 6.45) is 0. The average Bonchev–Trinajstić information content (AvgIpc) is 2.94. The van der Waals surface area contributed by atoms with E-state index in [9.17, 15) is 14.0 Å². The Morgan fingerprint density at radius 1 is 0.852 bits per heavy atom. The van der Waals surface area contributed by atoms with Crippen LogP contribution in [0.15, 0.2) is 72.8 Å². The van der Waals surface area contributed by atoms with E-state index in [4.69, 9.17) is 0 Å². The molecule has 0 fully saturated rings. The third-order valence-corrected chi connectivity index (χ3v) is 4.97. The Morgan fingerprint density at radius 2 is 1.59 bits per heavy atom. The molecule has 5 nitrogen and oxygen atoms in total. The van der Waals surface area contributed by atoms with Crippen molar-refractivity contribution < 1.29 is 14.0 Å². The van der Waals surface area contributed by atoms with Crippen molar-refractivity contribution in [3.63, 3.8) is 0 Å². The van der Waals surface area contributed by atoms with Crippen LogP contribution in [0.25, 0.3) is 0 Å². The molecule has 2 aliphatic rings. The number of para-hydroxylation sites is 2. The summed E-state index contributed by atoms with van der Waals surface area (Å²) in [5.74, 6) is -1.25. The zero-order chi connectivity index (χ0) is 18.6. The second kappa shape index (κ2) is 5.41. The fraction of sp³-hybridized carbons (Fsp3) is 0.0476. The van der Waals surface area contributed by atoms with Gasteiger partial charge in [-0.3, -0.25) is 14.5 Å². The van der Waals surface area contributed by atoms with Crippen LogP contribution in [0.3, 0.4) is 0 Å². The van der Waals surface area contributed by atoms with Crippen molar-refractivity contribution >= 4 is 28.9 Å². The van der Waals surface area contributed by atoms with E-state index in [1.807, 2.05) is 6.07 Å². The molecule has 0 unspecified atom stereocenters. The molecular formula is C21H14FN3O2. The minimum Gasteiger partial charge on any atom is -0.350 e. The lowest BCUT2D eigenvalue weighted by Gasteiger charge is -2.44. The molecule has 6 heteroatoms. The molecule has 0 aromatic heterocycles. The zero-order valence-corrected chi connectivity index (χ0v) is 14.1. The Bertz CT molecular complexity index is 1100. The van der Waals surface area contributed by atoms with E-state index in [0.29, 0.717) is 28.2 Å². The third kappa shape index (κ3) is 2.04. The van der Waals surface area contributed by atoms with Gasteiger partial charge in [-0.1, -0.05) is 30.3 Å². The lowest BCUT2D eigenvalue weighted by atomic mass is 9.92. The number of anilines is 3. The lowest BCUT2D eigenvalue weighted by Crippen LogP contribution is -2.61. The highest BCUT2D eigenvalue weighted by molar-refractivity contribution is 6.21. The Labute approximate surface area is 154 Å². The topological polar surface area (TPSA) is 61.4 Å². The minimum absolute atomic E-state index is 0.331. The molecule has 0 aliphatic carbocycles. The van der Waals surface area contributed by atoms with Gasteiger partial charge in [0.25, 0.3) is 11.8 Å². The summed E-state index contributed by atoms with van der Waals surface area (Å²) in [5.41, 5.74) is 0.800. The number of amides is 2. The van der Waals surface area contributed by atoms with Crippen LogP contribution in [0, 0.1) is 5.82 Å². The fourth-order valence-electron chi connectivity index (χ4n) is 3.80. The molecule has 2 amide bonds. The van der Waals surface area contributed by atoms with Crippen LogP contribution in [0.2, 0.25) is 0 Å². The van der Waals surface area contributed by atoms with Gasteiger partial charge in [-0.2, -0.15) is 0 Å². The molecule has 0 saturated carbocycles. The minimum atomic E-state index is -1.57. The summed E-state index contributed by atoms with van der Waals surface area (Å²) in [6, 6.07) is 20.0. The van der Waals surface area contributed by atoms with Gasteiger partial charge in [-0.25, -0.2) is 4.39 Å². The number of halogens is 1. The van der Waals surface area contributed by atoms with Crippen molar-refractivity contribution in [3.05, 3.63) is 89.7 Å². The highest BCUT2D eigenvalue weighted by atomic mass is 19.1. The number of benzene rings is 3. The zero-order valence-electron chi connectivity index (χ0n) is 14.1. The predicted molar refractivity (Wildman–Crippen MR) is 100 cm³/mol. The number of carbonyl (C=O) groups excluding carboxylic acids is 2. The van der Waals surface area contributed by atoms with Crippen molar-refractivity contribution in [1.82, 2.24) is 0 Å². The first-order chi connectivity index (χ1) is 13.1. The number of fused-ring (bicyclic) bond motifs is 3. The summed E-state index contributed by atoms with van der Waals surface area (Å²) in [5, 5.41) is 5.99. The number of hydrogen-bond acceptors (Lipinski definition) is 3. The Kier molecular flexibility index (Phi) is 3.12. The van der Waals surface area contributed by atoms with Crippen LogP contribution in [-0.2, 0) is 10.5 Å². The molecule has 2 heterocycles. The molecule has 1 atom stereocenters. The van der Waals surface area contributed by atoms with Gasteiger partial charge in [0.15, 0.2) is 0 Å². The maximum absolute atomic E-state index is 14.1. The van der Waals surface area contributed by atoms with Crippen molar-refractivity contribution in [3.8, 4) is 0 Å². The summed E-state index contributed by atoms with van der Waals surface area (Å²) in [7, 11) is 0. The summed E-state index contributed by atoms with van der Waals surface area (Å²) in [6.45, 7) is 0. The van der Waals surface area contributed by atoms with E-state index in [1.54, 1.807) is 48.5 Å². The molecule has 2 N–H and O–H groups in total. The molecule has 3 aromatic carbocycles. The SMILES string of the molecule is O=C1c2ccccc2N[C@@]2(C(=O)Nc3ccc(F)cc32)N1c1ccccc1. The number of nitrogens with zero attached hydrogens (tertiary/aromatic N) is 1. The van der Waals surface area contributed by atoms with Gasteiger partial charge < -0.3 is 10.6 Å². The van der Waals surface area contributed by atoms with Crippen LogP contribution in [0.5, 0.6) is 0 Å². The summed E-state index contributed by atoms with van der Waals surface area (Å²) >= 11 is 0. The fourth-order valence-corrected chi connectivity index (χ4v) is 3.80. The third-order valence-electron chi connectivity index (χ3n) is 4.97. The Morgan fingerprint density at radius 3 is 2.41 bits per heavy atom. The van der Waals surface area contributed by atoms with E-state index in [1.165, 1.54) is 23.1 Å². The normalized spacial score (nSPS) is 20.1. The molecule has 2 aliphatic heterocycles. The molecule has 0 radical (unpaired) electrons. The van der Waals surface area contributed by atoms with E-state index in [0.717, 1.165) is 0 Å². The van der Waals surface area contributed by atoms with Gasteiger partial charge in [0, 0.05) is 22.6 Å². The molecule has 0 bridgehead atoms. The largest absolute Gasteiger partial charge is 0.350 e. The van der Waals surface area contributed by atoms with E-state index in [2.05, 4.69) is 10.6 Å². The standard InChI is InChI=1S/C21H14FN3O2/c22-13-10-11-18-16(12-13)21(20(27)23-18)24-17-9-5-4-8-15(17)19(26)25(21)14-6-2-1-3-7-14/h1-12,24H,(H,23,27)/t21-/m1/s1. The highest BCUT2D eigenvalue weighted by Crippen LogP contribution is 2.47. The van der Waals surface area contributed by atoms with Gasteiger partial charge >= 0.3 is 0 Å². The van der Waals surface area contributed by atoms with Gasteiger partial charge in [-0.15, -0.1) is 0 Å². The van der Waals surface area contributed by atoms with Gasteiger partial charge in [0.05, 0.1) is 5.56 Å². The number of rotatable bonds is 1. The number of nitrogens with one attached hydrogen (secondary N) is 2. The van der Waals surface area contributed by atoms with Crippen molar-refractivity contribution in [2.45, 2.75) is 5.66 Å². The van der Waals surface area contributed by atoms with Gasteiger partial charge in [0.2, 0.25) is 5.66 Å². The monoisotopic (exact) mass is 359 g/mol.